The average molecular weight is 349 g/mol. The number of imide groups is 1. The van der Waals surface area contributed by atoms with Crippen molar-refractivity contribution in [1.82, 2.24) is 4.90 Å². The van der Waals surface area contributed by atoms with Crippen LogP contribution in [0.4, 0.5) is 9.59 Å². The molecule has 7 heteroatoms. The van der Waals surface area contributed by atoms with Crippen LogP contribution in [0.15, 0.2) is 30.3 Å². The Morgan fingerprint density at radius 1 is 1.20 bits per heavy atom. The van der Waals surface area contributed by atoms with Crippen molar-refractivity contribution in [3.63, 3.8) is 0 Å². The van der Waals surface area contributed by atoms with Crippen molar-refractivity contribution in [2.45, 2.75) is 51.4 Å². The molecule has 7 nitrogen and oxygen atoms in total. The first-order valence-corrected chi connectivity index (χ1v) is 8.07. The first-order valence-electron chi connectivity index (χ1n) is 8.07. The van der Waals surface area contributed by atoms with Gasteiger partial charge in [0.15, 0.2) is 6.04 Å². The number of carbonyl (C=O) groups is 3. The lowest BCUT2D eigenvalue weighted by atomic mass is 10.0. The fourth-order valence-electron chi connectivity index (χ4n) is 2.58. The zero-order valence-electron chi connectivity index (χ0n) is 14.9. The van der Waals surface area contributed by atoms with Crippen LogP contribution in [0.25, 0.3) is 0 Å². The molecule has 0 bridgehead atoms. The van der Waals surface area contributed by atoms with Crippen LogP contribution in [0.5, 0.6) is 0 Å². The van der Waals surface area contributed by atoms with Gasteiger partial charge >= 0.3 is 18.2 Å². The summed E-state index contributed by atoms with van der Waals surface area (Å²) in [6.45, 7) is 5.02. The molecule has 0 spiro atoms. The Kier molecular flexibility index (Phi) is 5.66. The van der Waals surface area contributed by atoms with Gasteiger partial charge in [-0.15, -0.1) is 0 Å². The molecule has 1 aromatic carbocycles. The van der Waals surface area contributed by atoms with E-state index in [0.717, 1.165) is 5.56 Å². The Bertz CT molecular complexity index is 637. The zero-order chi connectivity index (χ0) is 18.6. The van der Waals surface area contributed by atoms with Crippen LogP contribution in [-0.4, -0.2) is 47.9 Å². The number of amides is 2. The lowest BCUT2D eigenvalue weighted by Gasteiger charge is -2.25. The molecule has 2 atom stereocenters. The van der Waals surface area contributed by atoms with Crippen LogP contribution in [0, 0.1) is 0 Å². The number of rotatable bonds is 4. The molecular formula is C18H23NO6. The van der Waals surface area contributed by atoms with E-state index in [1.165, 1.54) is 7.11 Å². The van der Waals surface area contributed by atoms with Gasteiger partial charge in [-0.25, -0.2) is 14.4 Å². The molecule has 0 aliphatic carbocycles. The molecule has 1 aliphatic rings. The maximum atomic E-state index is 12.3. The summed E-state index contributed by atoms with van der Waals surface area (Å²) < 4.78 is 15.2. The molecule has 0 saturated carbocycles. The summed E-state index contributed by atoms with van der Waals surface area (Å²) in [5.41, 5.74) is 0.234. The number of cyclic esters (lactones) is 1. The normalized spacial score (nSPS) is 20.2. The second-order valence-electron chi connectivity index (χ2n) is 6.76. The lowest BCUT2D eigenvalue weighted by molar-refractivity contribution is -0.146. The predicted molar refractivity (Wildman–Crippen MR) is 88.9 cm³/mol. The fourth-order valence-corrected chi connectivity index (χ4v) is 2.58. The smallest absolute Gasteiger partial charge is 0.420 e. The van der Waals surface area contributed by atoms with E-state index in [-0.39, 0.29) is 0 Å². The van der Waals surface area contributed by atoms with E-state index in [1.54, 1.807) is 20.8 Å². The minimum atomic E-state index is -1.16. The van der Waals surface area contributed by atoms with Gasteiger partial charge in [0.2, 0.25) is 0 Å². The van der Waals surface area contributed by atoms with E-state index in [9.17, 15) is 14.4 Å². The number of ether oxygens (including phenoxy) is 3. The molecule has 1 saturated heterocycles. The number of benzene rings is 1. The Morgan fingerprint density at radius 3 is 2.40 bits per heavy atom. The summed E-state index contributed by atoms with van der Waals surface area (Å²) in [6, 6.07) is 8.43. The zero-order valence-corrected chi connectivity index (χ0v) is 14.9. The molecule has 0 radical (unpaired) electrons. The molecule has 0 aromatic heterocycles. The molecule has 1 fully saturated rings. The monoisotopic (exact) mass is 349 g/mol. The second-order valence-corrected chi connectivity index (χ2v) is 6.76. The van der Waals surface area contributed by atoms with Gasteiger partial charge in [-0.1, -0.05) is 30.3 Å². The maximum Gasteiger partial charge on any atom is 0.420 e. The van der Waals surface area contributed by atoms with Gasteiger partial charge in [-0.2, -0.15) is 4.90 Å². The van der Waals surface area contributed by atoms with E-state index in [1.807, 2.05) is 30.3 Å². The van der Waals surface area contributed by atoms with Crippen LogP contribution in [0.2, 0.25) is 0 Å². The second kappa shape index (κ2) is 7.55. The third-order valence-corrected chi connectivity index (χ3v) is 3.67. The van der Waals surface area contributed by atoms with Gasteiger partial charge in [0.1, 0.15) is 11.7 Å². The highest BCUT2D eigenvalue weighted by atomic mass is 16.6. The summed E-state index contributed by atoms with van der Waals surface area (Å²) in [7, 11) is 1.20. The highest BCUT2D eigenvalue weighted by Gasteiger charge is 2.51. The average Bonchev–Trinajstić information content (AvgIpc) is 2.88. The van der Waals surface area contributed by atoms with Crippen molar-refractivity contribution < 1.29 is 28.6 Å². The van der Waals surface area contributed by atoms with Crippen LogP contribution in [0.1, 0.15) is 32.8 Å². The Labute approximate surface area is 146 Å². The number of esters is 1. The summed E-state index contributed by atoms with van der Waals surface area (Å²) in [5.74, 6) is -0.713. The topological polar surface area (TPSA) is 82.1 Å². The summed E-state index contributed by atoms with van der Waals surface area (Å²) in [4.78, 5) is 37.3. The van der Waals surface area contributed by atoms with Crippen molar-refractivity contribution in [3.05, 3.63) is 35.9 Å². The first-order chi connectivity index (χ1) is 11.7. The molecule has 1 heterocycles. The van der Waals surface area contributed by atoms with Gasteiger partial charge in [0.25, 0.3) is 0 Å². The van der Waals surface area contributed by atoms with E-state index in [0.29, 0.717) is 17.7 Å². The number of aryl methyl sites for hydroxylation is 1. The summed E-state index contributed by atoms with van der Waals surface area (Å²) in [6.07, 6.45) is -1.63. The Hall–Kier alpha value is -2.57. The minimum Gasteiger partial charge on any atom is -0.467 e. The van der Waals surface area contributed by atoms with Crippen LogP contribution < -0.4 is 0 Å². The van der Waals surface area contributed by atoms with Crippen LogP contribution in [-0.2, 0) is 25.4 Å². The third-order valence-electron chi connectivity index (χ3n) is 3.67. The van der Waals surface area contributed by atoms with Crippen LogP contribution >= 0.6 is 0 Å². The minimum absolute atomic E-state index is 0.384. The van der Waals surface area contributed by atoms with Crippen LogP contribution in [0.3, 0.4) is 0 Å². The van der Waals surface area contributed by atoms with Crippen molar-refractivity contribution in [2.24, 2.45) is 0 Å². The van der Waals surface area contributed by atoms with E-state index in [2.05, 4.69) is 0 Å². The van der Waals surface area contributed by atoms with E-state index >= 15 is 0 Å². The molecule has 0 unspecified atom stereocenters. The van der Waals surface area contributed by atoms with Crippen molar-refractivity contribution in [2.75, 3.05) is 7.11 Å². The number of hydrogen-bond donors (Lipinski definition) is 0. The number of carbonyl (C=O) groups excluding carboxylic acids is 3. The van der Waals surface area contributed by atoms with Crippen molar-refractivity contribution in [3.8, 4) is 0 Å². The molecule has 1 aliphatic heterocycles. The van der Waals surface area contributed by atoms with Crippen molar-refractivity contribution in [1.29, 1.82) is 0 Å². The quantitative estimate of drug-likeness (QED) is 0.614. The Balaban J connectivity index is 2.16. The largest absolute Gasteiger partial charge is 0.467 e. The molecule has 0 N–H and O–H groups in total. The fraction of sp³-hybridized carbons (Fsp3) is 0.500. The summed E-state index contributed by atoms with van der Waals surface area (Å²) in [5, 5.41) is 0. The number of methoxy groups -OCH3 is 1. The number of nitrogens with zero attached hydrogens (tertiary/aromatic N) is 1. The van der Waals surface area contributed by atoms with Gasteiger partial charge in [0, 0.05) is 0 Å². The lowest BCUT2D eigenvalue weighted by Crippen LogP contribution is -2.48. The maximum absolute atomic E-state index is 12.3. The predicted octanol–water partition coefficient (Wildman–Crippen LogP) is 2.92. The van der Waals surface area contributed by atoms with Gasteiger partial charge < -0.3 is 14.2 Å². The van der Waals surface area contributed by atoms with Gasteiger partial charge in [-0.3, -0.25) is 0 Å². The molecule has 1 aromatic rings. The van der Waals surface area contributed by atoms with Gasteiger partial charge in [0.05, 0.1) is 7.11 Å². The molecule has 2 amide bonds. The molecule has 25 heavy (non-hydrogen) atoms. The van der Waals surface area contributed by atoms with Crippen molar-refractivity contribution >= 4 is 18.2 Å². The first kappa shape index (κ1) is 18.8. The van der Waals surface area contributed by atoms with Gasteiger partial charge in [-0.05, 0) is 39.2 Å². The molecular weight excluding hydrogens is 326 g/mol. The highest BCUT2D eigenvalue weighted by Crippen LogP contribution is 2.26. The third kappa shape index (κ3) is 4.71. The molecule has 136 valence electrons. The summed E-state index contributed by atoms with van der Waals surface area (Å²) >= 11 is 0. The van der Waals surface area contributed by atoms with E-state index < -0.39 is 35.9 Å². The highest BCUT2D eigenvalue weighted by molar-refractivity contribution is 5.96. The molecule has 2 rings (SSSR count). The SMILES string of the molecule is COC(=O)[C@H]1[C@@H](CCc2ccccc2)OC(=O)N1C(=O)OC(C)(C)C. The standard InChI is InChI=1S/C18H23NO6/c1-18(2,3)25-17(22)19-14(15(20)23-4)13(24-16(19)21)11-10-12-8-6-5-7-9-12/h5-9,13-14H,10-11H2,1-4H3/t13-,14-/m1/s1. The Morgan fingerprint density at radius 2 is 1.84 bits per heavy atom. The van der Waals surface area contributed by atoms with E-state index in [4.69, 9.17) is 14.2 Å². The number of hydrogen-bond acceptors (Lipinski definition) is 6.